The topological polar surface area (TPSA) is 87.9 Å². The minimum atomic E-state index is -0.0513. The van der Waals surface area contributed by atoms with Crippen molar-refractivity contribution < 1.29 is 14.3 Å². The number of hydrogen-bond donors (Lipinski definition) is 2. The second-order valence-electron chi connectivity index (χ2n) is 11.7. The van der Waals surface area contributed by atoms with Crippen molar-refractivity contribution in [2.24, 2.45) is 11.7 Å². The molecule has 0 unspecified atom stereocenters. The van der Waals surface area contributed by atoms with E-state index in [0.717, 1.165) is 70.7 Å². The zero-order valence-electron chi connectivity index (χ0n) is 25.1. The molecule has 4 aromatic rings. The summed E-state index contributed by atoms with van der Waals surface area (Å²) in [6, 6.07) is 32.6. The number of anilines is 2. The number of rotatable bonds is 11. The monoisotopic (exact) mass is 588 g/mol. The highest BCUT2D eigenvalue weighted by Crippen LogP contribution is 2.34. The molecule has 1 aliphatic carbocycles. The molecule has 1 aliphatic heterocycles. The van der Waals surface area contributed by atoms with E-state index in [-0.39, 0.29) is 17.7 Å². The predicted octanol–water partition coefficient (Wildman–Crippen LogP) is 5.77. The third kappa shape index (κ3) is 7.54. The number of nitrogens with zero attached hydrogens (tertiary/aromatic N) is 2. The van der Waals surface area contributed by atoms with Crippen molar-refractivity contribution in [2.75, 3.05) is 36.5 Å². The summed E-state index contributed by atoms with van der Waals surface area (Å²) < 4.78 is 5.58. The Hall–Kier alpha value is -4.46. The molecule has 6 rings (SSSR count). The molecule has 1 heterocycles. The summed E-state index contributed by atoms with van der Waals surface area (Å²) in [5.41, 5.74) is 13.9. The Morgan fingerprint density at radius 1 is 0.773 bits per heavy atom. The second-order valence-corrected chi connectivity index (χ2v) is 11.7. The zero-order valence-corrected chi connectivity index (χ0v) is 25.1. The SMILES string of the molecule is NCc1cccc(CN(Cc2cccc(-c3ccc(N4CCOCC4)c(NC(=O)Cc4ccccc4)c3)c2)C(=O)C2CC2)c1. The second kappa shape index (κ2) is 13.9. The number of carbonyl (C=O) groups excluding carboxylic acids is 2. The number of nitrogens with two attached hydrogens (primary N) is 1. The van der Waals surface area contributed by atoms with E-state index in [0.29, 0.717) is 39.3 Å². The molecule has 1 saturated heterocycles. The first kappa shape index (κ1) is 29.6. The summed E-state index contributed by atoms with van der Waals surface area (Å²) in [7, 11) is 0. The van der Waals surface area contributed by atoms with Gasteiger partial charge in [-0.2, -0.15) is 0 Å². The van der Waals surface area contributed by atoms with E-state index in [1.165, 1.54) is 0 Å². The van der Waals surface area contributed by atoms with Crippen LogP contribution in [0.1, 0.15) is 35.1 Å². The molecule has 4 aromatic carbocycles. The Bertz CT molecular complexity index is 1600. The van der Waals surface area contributed by atoms with Crippen molar-refractivity contribution >= 4 is 23.2 Å². The van der Waals surface area contributed by atoms with Crippen LogP contribution in [0.2, 0.25) is 0 Å². The molecule has 3 N–H and O–H groups in total. The van der Waals surface area contributed by atoms with Gasteiger partial charge in [-0.05, 0) is 64.4 Å². The number of hydrogen-bond acceptors (Lipinski definition) is 5. The minimum Gasteiger partial charge on any atom is -0.378 e. The van der Waals surface area contributed by atoms with Crippen LogP contribution < -0.4 is 16.0 Å². The summed E-state index contributed by atoms with van der Waals surface area (Å²) in [6.07, 6.45) is 2.24. The van der Waals surface area contributed by atoms with E-state index in [9.17, 15) is 9.59 Å². The van der Waals surface area contributed by atoms with Gasteiger partial charge in [-0.25, -0.2) is 0 Å². The average molecular weight is 589 g/mol. The van der Waals surface area contributed by atoms with Crippen LogP contribution in [0.25, 0.3) is 11.1 Å². The van der Waals surface area contributed by atoms with Crippen LogP contribution in [0.3, 0.4) is 0 Å². The van der Waals surface area contributed by atoms with Gasteiger partial charge in [0.2, 0.25) is 11.8 Å². The molecule has 2 amide bonds. The number of nitrogens with one attached hydrogen (secondary N) is 1. The number of ether oxygens (including phenoxy) is 1. The maximum atomic E-state index is 13.3. The Kier molecular flexibility index (Phi) is 9.34. The van der Waals surface area contributed by atoms with Crippen LogP contribution in [-0.4, -0.2) is 43.0 Å². The zero-order chi connectivity index (χ0) is 30.3. The molecule has 2 fully saturated rings. The van der Waals surface area contributed by atoms with Crippen molar-refractivity contribution in [1.29, 1.82) is 0 Å². The lowest BCUT2D eigenvalue weighted by atomic mass is 10.0. The smallest absolute Gasteiger partial charge is 0.228 e. The van der Waals surface area contributed by atoms with Gasteiger partial charge in [0.05, 0.1) is 31.0 Å². The molecular weight excluding hydrogens is 548 g/mol. The number of morpholine rings is 1. The van der Waals surface area contributed by atoms with Crippen LogP contribution >= 0.6 is 0 Å². The molecule has 0 atom stereocenters. The Morgan fingerprint density at radius 3 is 2.16 bits per heavy atom. The van der Waals surface area contributed by atoms with E-state index in [4.69, 9.17) is 10.5 Å². The first-order chi connectivity index (χ1) is 21.6. The third-order valence-electron chi connectivity index (χ3n) is 8.30. The number of carbonyl (C=O) groups is 2. The fourth-order valence-electron chi connectivity index (χ4n) is 5.82. The van der Waals surface area contributed by atoms with Gasteiger partial charge >= 0.3 is 0 Å². The molecule has 1 saturated carbocycles. The fraction of sp³-hybridized carbons (Fsp3) is 0.297. The van der Waals surface area contributed by atoms with Gasteiger partial charge in [-0.3, -0.25) is 9.59 Å². The average Bonchev–Trinajstić information content (AvgIpc) is 3.91. The summed E-state index contributed by atoms with van der Waals surface area (Å²) >= 11 is 0. The Morgan fingerprint density at radius 2 is 1.43 bits per heavy atom. The van der Waals surface area contributed by atoms with E-state index in [2.05, 4.69) is 58.7 Å². The molecule has 226 valence electrons. The maximum absolute atomic E-state index is 13.3. The van der Waals surface area contributed by atoms with Gasteiger partial charge in [0, 0.05) is 38.6 Å². The summed E-state index contributed by atoms with van der Waals surface area (Å²) in [4.78, 5) is 30.7. The molecule has 0 aromatic heterocycles. The van der Waals surface area contributed by atoms with Crippen LogP contribution in [0.4, 0.5) is 11.4 Å². The maximum Gasteiger partial charge on any atom is 0.228 e. The van der Waals surface area contributed by atoms with Gasteiger partial charge in [0.25, 0.3) is 0 Å². The summed E-state index contributed by atoms with van der Waals surface area (Å²) in [6.45, 7) is 4.43. The van der Waals surface area contributed by atoms with Crippen molar-refractivity contribution in [2.45, 2.75) is 38.9 Å². The molecule has 0 spiro atoms. The Balaban J connectivity index is 1.25. The lowest BCUT2D eigenvalue weighted by Gasteiger charge is -2.31. The van der Waals surface area contributed by atoms with Crippen LogP contribution in [-0.2, 0) is 40.4 Å². The van der Waals surface area contributed by atoms with Crippen molar-refractivity contribution in [1.82, 2.24) is 4.90 Å². The molecule has 2 aliphatic rings. The highest BCUT2D eigenvalue weighted by molar-refractivity contribution is 5.96. The first-order valence-corrected chi connectivity index (χ1v) is 15.5. The fourth-order valence-corrected chi connectivity index (χ4v) is 5.82. The summed E-state index contributed by atoms with van der Waals surface area (Å²) in [5, 5.41) is 3.20. The highest BCUT2D eigenvalue weighted by atomic mass is 16.5. The van der Waals surface area contributed by atoms with Crippen molar-refractivity contribution in [3.05, 3.63) is 119 Å². The lowest BCUT2D eigenvalue weighted by molar-refractivity contribution is -0.133. The van der Waals surface area contributed by atoms with Gasteiger partial charge in [0.15, 0.2) is 0 Å². The largest absolute Gasteiger partial charge is 0.378 e. The van der Waals surface area contributed by atoms with E-state index in [1.807, 2.05) is 53.4 Å². The van der Waals surface area contributed by atoms with Crippen LogP contribution in [0.15, 0.2) is 97.1 Å². The van der Waals surface area contributed by atoms with Crippen LogP contribution in [0, 0.1) is 5.92 Å². The van der Waals surface area contributed by atoms with E-state index < -0.39 is 0 Å². The summed E-state index contributed by atoms with van der Waals surface area (Å²) in [5.74, 6) is 0.294. The molecular formula is C37H40N4O3. The molecule has 7 heteroatoms. The van der Waals surface area contributed by atoms with Crippen LogP contribution in [0.5, 0.6) is 0 Å². The standard InChI is InChI=1S/C37H40N4O3/c38-24-28-8-4-9-29(20-28)25-41(37(43)31-12-13-31)26-30-10-5-11-32(21-30)33-14-15-35(40-16-18-44-19-17-40)34(23-33)39-36(42)22-27-6-2-1-3-7-27/h1-11,14-15,20-21,23,31H,12-13,16-19,22,24-26,38H2,(H,39,42). The lowest BCUT2D eigenvalue weighted by Crippen LogP contribution is -2.36. The first-order valence-electron chi connectivity index (χ1n) is 15.5. The molecule has 0 radical (unpaired) electrons. The quantitative estimate of drug-likeness (QED) is 0.232. The normalized spacial score (nSPS) is 14.7. The van der Waals surface area contributed by atoms with Gasteiger partial charge < -0.3 is 25.6 Å². The predicted molar refractivity (Wildman–Crippen MR) is 175 cm³/mol. The minimum absolute atomic E-state index is 0.0513. The van der Waals surface area contributed by atoms with E-state index in [1.54, 1.807) is 0 Å². The van der Waals surface area contributed by atoms with Gasteiger partial charge in [-0.1, -0.05) is 78.9 Å². The van der Waals surface area contributed by atoms with Gasteiger partial charge in [-0.15, -0.1) is 0 Å². The molecule has 0 bridgehead atoms. The number of benzene rings is 4. The van der Waals surface area contributed by atoms with Crippen molar-refractivity contribution in [3.8, 4) is 11.1 Å². The third-order valence-corrected chi connectivity index (χ3v) is 8.30. The molecule has 7 nitrogen and oxygen atoms in total. The highest BCUT2D eigenvalue weighted by Gasteiger charge is 2.33. The molecule has 44 heavy (non-hydrogen) atoms. The van der Waals surface area contributed by atoms with Gasteiger partial charge in [0.1, 0.15) is 0 Å². The van der Waals surface area contributed by atoms with E-state index >= 15 is 0 Å². The Labute approximate surface area is 259 Å². The van der Waals surface area contributed by atoms with Crippen molar-refractivity contribution in [3.63, 3.8) is 0 Å². The number of amides is 2.